The highest BCUT2D eigenvalue weighted by atomic mass is 16.7. The van der Waals surface area contributed by atoms with Gasteiger partial charge in [0.05, 0.1) is 4.92 Å². The molecule has 1 aromatic carbocycles. The predicted octanol–water partition coefficient (Wildman–Crippen LogP) is 2.87. The quantitative estimate of drug-likeness (QED) is 0.320. The fourth-order valence-electron chi connectivity index (χ4n) is 2.93. The maximum absolute atomic E-state index is 12.3. The summed E-state index contributed by atoms with van der Waals surface area (Å²) in [6.45, 7) is 8.01. The predicted molar refractivity (Wildman–Crippen MR) is 104 cm³/mol. The Kier molecular flexibility index (Phi) is 6.69. The zero-order valence-electron chi connectivity index (χ0n) is 17.6. The molecule has 0 spiro atoms. The largest absolute Gasteiger partial charge is 0.444 e. The van der Waals surface area contributed by atoms with Crippen LogP contribution >= 0.6 is 0 Å². The molecule has 0 bridgehead atoms. The van der Waals surface area contributed by atoms with E-state index < -0.39 is 46.3 Å². The normalized spacial score (nSPS) is 17.5. The third kappa shape index (κ3) is 6.71. The number of rotatable bonds is 6. The van der Waals surface area contributed by atoms with Gasteiger partial charge in [0.25, 0.3) is 11.5 Å². The first kappa shape index (κ1) is 23.1. The van der Waals surface area contributed by atoms with Crippen molar-refractivity contribution in [3.05, 3.63) is 39.9 Å². The van der Waals surface area contributed by atoms with Gasteiger partial charge in [-0.1, -0.05) is 12.1 Å². The van der Waals surface area contributed by atoms with Crippen molar-refractivity contribution in [2.75, 3.05) is 0 Å². The van der Waals surface area contributed by atoms with E-state index in [0.29, 0.717) is 5.56 Å². The van der Waals surface area contributed by atoms with Crippen LogP contribution in [0.5, 0.6) is 0 Å². The monoisotopic (exact) mass is 422 g/mol. The van der Waals surface area contributed by atoms with Gasteiger partial charge in [-0.05, 0) is 39.2 Å². The van der Waals surface area contributed by atoms with Gasteiger partial charge in [0.15, 0.2) is 5.92 Å². The molecule has 0 radical (unpaired) electrons. The summed E-state index contributed by atoms with van der Waals surface area (Å²) in [5.74, 6) is -4.04. The van der Waals surface area contributed by atoms with Gasteiger partial charge in [-0.2, -0.15) is 0 Å². The summed E-state index contributed by atoms with van der Waals surface area (Å²) in [5, 5.41) is 13.5. The molecule has 2 rings (SSSR count). The lowest BCUT2D eigenvalue weighted by molar-refractivity contribution is -0.384. The van der Waals surface area contributed by atoms with E-state index in [2.05, 4.69) is 5.32 Å². The highest BCUT2D eigenvalue weighted by Crippen LogP contribution is 2.27. The summed E-state index contributed by atoms with van der Waals surface area (Å²) < 4.78 is 15.5. The lowest BCUT2D eigenvalue weighted by Gasteiger charge is -2.34. The number of carbonyl (C=O) groups excluding carboxylic acids is 3. The van der Waals surface area contributed by atoms with Crippen LogP contribution in [0.15, 0.2) is 24.3 Å². The van der Waals surface area contributed by atoms with Crippen LogP contribution in [-0.4, -0.2) is 40.4 Å². The van der Waals surface area contributed by atoms with Crippen LogP contribution in [0.1, 0.15) is 46.6 Å². The van der Waals surface area contributed by atoms with Crippen molar-refractivity contribution in [3.63, 3.8) is 0 Å². The number of nitro groups is 1. The summed E-state index contributed by atoms with van der Waals surface area (Å²) in [6, 6.07) is 5.08. The second-order valence-corrected chi connectivity index (χ2v) is 8.50. The van der Waals surface area contributed by atoms with E-state index in [1.54, 1.807) is 32.9 Å². The molecule has 0 unspecified atom stereocenters. The Morgan fingerprint density at radius 3 is 2.20 bits per heavy atom. The highest BCUT2D eigenvalue weighted by molar-refractivity contribution is 5.96. The Morgan fingerprint density at radius 2 is 1.73 bits per heavy atom. The van der Waals surface area contributed by atoms with E-state index >= 15 is 0 Å². The molecule has 10 heteroatoms. The molecule has 1 amide bonds. The Hall–Kier alpha value is -3.17. The molecule has 10 nitrogen and oxygen atoms in total. The number of amides is 1. The van der Waals surface area contributed by atoms with E-state index in [0.717, 1.165) is 0 Å². The third-order valence-electron chi connectivity index (χ3n) is 4.13. The maximum Gasteiger partial charge on any atom is 0.407 e. The minimum Gasteiger partial charge on any atom is -0.444 e. The van der Waals surface area contributed by atoms with Crippen molar-refractivity contribution < 1.29 is 33.5 Å². The number of nitrogens with one attached hydrogen (secondary N) is 1. The van der Waals surface area contributed by atoms with Crippen LogP contribution in [0.25, 0.3) is 0 Å². The average molecular weight is 422 g/mol. The average Bonchev–Trinajstić information content (AvgIpc) is 2.55. The highest BCUT2D eigenvalue weighted by Gasteiger charge is 2.44. The van der Waals surface area contributed by atoms with Gasteiger partial charge in [-0.25, -0.2) is 4.79 Å². The van der Waals surface area contributed by atoms with Crippen LogP contribution in [0.3, 0.4) is 0 Å². The van der Waals surface area contributed by atoms with Crippen molar-refractivity contribution in [1.29, 1.82) is 0 Å². The zero-order chi connectivity index (χ0) is 22.7. The molecule has 0 aromatic heterocycles. The van der Waals surface area contributed by atoms with Gasteiger partial charge in [-0.15, -0.1) is 0 Å². The number of ether oxygens (including phenoxy) is 3. The molecule has 1 aromatic rings. The van der Waals surface area contributed by atoms with Crippen LogP contribution < -0.4 is 5.32 Å². The van der Waals surface area contributed by atoms with E-state index in [4.69, 9.17) is 14.2 Å². The van der Waals surface area contributed by atoms with Gasteiger partial charge in [0, 0.05) is 32.0 Å². The zero-order valence-corrected chi connectivity index (χ0v) is 17.6. The van der Waals surface area contributed by atoms with Gasteiger partial charge in [-0.3, -0.25) is 19.7 Å². The number of non-ortho nitro benzene ring substituents is 1. The molecule has 1 atom stereocenters. The van der Waals surface area contributed by atoms with Gasteiger partial charge in [0.2, 0.25) is 0 Å². The molecule has 164 valence electrons. The summed E-state index contributed by atoms with van der Waals surface area (Å²) in [4.78, 5) is 47.2. The molecule has 1 N–H and O–H groups in total. The first-order chi connectivity index (χ1) is 13.8. The van der Waals surface area contributed by atoms with Gasteiger partial charge >= 0.3 is 18.0 Å². The number of hydrogen-bond donors (Lipinski definition) is 1. The SMILES string of the molecule is CC(C)(C)OC(=O)N[C@@H](Cc1ccc([N+](=O)[O-])cc1)CC1C(=O)OC(C)(C)OC1=O. The van der Waals surface area contributed by atoms with Crippen molar-refractivity contribution in [2.24, 2.45) is 5.92 Å². The standard InChI is InChI=1S/C20H26N2O8/c1-19(2,3)30-18(25)21-13(10-12-6-8-14(9-7-12)22(26)27)11-15-16(23)28-20(4,5)29-17(15)24/h6-9,13,15H,10-11H2,1-5H3,(H,21,25)/t13-/m0/s1. The minimum absolute atomic E-state index is 0.0722. The number of carbonyl (C=O) groups is 3. The Labute approximate surface area is 174 Å². The van der Waals surface area contributed by atoms with E-state index in [1.165, 1.54) is 26.0 Å². The van der Waals surface area contributed by atoms with Crippen molar-refractivity contribution in [2.45, 2.75) is 64.9 Å². The smallest absolute Gasteiger partial charge is 0.407 e. The molecular formula is C20H26N2O8. The number of benzene rings is 1. The van der Waals surface area contributed by atoms with Crippen LogP contribution in [-0.2, 0) is 30.2 Å². The number of alkyl carbamates (subject to hydrolysis) is 1. The second-order valence-electron chi connectivity index (χ2n) is 8.50. The Bertz CT molecular complexity index is 806. The summed E-state index contributed by atoms with van der Waals surface area (Å²) in [5.41, 5.74) is -0.147. The van der Waals surface area contributed by atoms with Crippen LogP contribution in [0, 0.1) is 16.0 Å². The summed E-state index contributed by atoms with van der Waals surface area (Å²) in [6.07, 6.45) is -0.589. The van der Waals surface area contributed by atoms with Crippen molar-refractivity contribution in [3.8, 4) is 0 Å². The number of hydrogen-bond acceptors (Lipinski definition) is 8. The minimum atomic E-state index is -1.35. The fraction of sp³-hybridized carbons (Fsp3) is 0.550. The molecule has 30 heavy (non-hydrogen) atoms. The van der Waals surface area contributed by atoms with Crippen molar-refractivity contribution >= 4 is 23.7 Å². The molecule has 1 aliphatic heterocycles. The van der Waals surface area contributed by atoms with Crippen molar-refractivity contribution in [1.82, 2.24) is 5.32 Å². The lowest BCUT2D eigenvalue weighted by Crippen LogP contribution is -2.49. The molecule has 1 fully saturated rings. The topological polar surface area (TPSA) is 134 Å². The molecule has 1 aliphatic rings. The molecule has 1 saturated heterocycles. The van der Waals surface area contributed by atoms with E-state index in [1.807, 2.05) is 0 Å². The number of cyclic esters (lactones) is 2. The number of nitro benzene ring substituents is 1. The summed E-state index contributed by atoms with van der Waals surface area (Å²) in [7, 11) is 0. The van der Waals surface area contributed by atoms with Crippen LogP contribution in [0.4, 0.5) is 10.5 Å². The lowest BCUT2D eigenvalue weighted by atomic mass is 9.94. The first-order valence-corrected chi connectivity index (χ1v) is 9.44. The molecular weight excluding hydrogens is 396 g/mol. The third-order valence-corrected chi connectivity index (χ3v) is 4.13. The van der Waals surface area contributed by atoms with Crippen LogP contribution in [0.2, 0.25) is 0 Å². The van der Waals surface area contributed by atoms with E-state index in [9.17, 15) is 24.5 Å². The fourth-order valence-corrected chi connectivity index (χ4v) is 2.93. The maximum atomic E-state index is 12.3. The molecule has 0 aliphatic carbocycles. The van der Waals surface area contributed by atoms with Gasteiger partial charge in [0.1, 0.15) is 5.60 Å². The Balaban J connectivity index is 2.18. The summed E-state index contributed by atoms with van der Waals surface area (Å²) >= 11 is 0. The first-order valence-electron chi connectivity index (χ1n) is 9.44. The second kappa shape index (κ2) is 8.68. The van der Waals surface area contributed by atoms with Gasteiger partial charge < -0.3 is 19.5 Å². The number of nitrogens with zero attached hydrogens (tertiary/aromatic N) is 1. The molecule has 1 heterocycles. The van der Waals surface area contributed by atoms with E-state index in [-0.39, 0.29) is 18.5 Å². The number of esters is 2. The molecule has 0 saturated carbocycles. The Morgan fingerprint density at radius 1 is 1.20 bits per heavy atom.